The van der Waals surface area contributed by atoms with Gasteiger partial charge in [0.2, 0.25) is 0 Å². The monoisotopic (exact) mass is 194 g/mol. The van der Waals surface area contributed by atoms with Crippen LogP contribution in [0.1, 0.15) is 44.9 Å². The van der Waals surface area contributed by atoms with Crippen molar-refractivity contribution in [1.29, 1.82) is 0 Å². The highest BCUT2D eigenvalue weighted by Crippen LogP contribution is 2.21. The zero-order valence-corrected chi connectivity index (χ0v) is 8.97. The third-order valence-corrected chi connectivity index (χ3v) is 3.49. The molecule has 2 aliphatic carbocycles. The normalized spacial score (nSPS) is 32.2. The predicted molar refractivity (Wildman–Crippen MR) is 60.2 cm³/mol. The zero-order valence-electron chi connectivity index (χ0n) is 8.97. The van der Waals surface area contributed by atoms with Gasteiger partial charge < -0.3 is 11.1 Å². The van der Waals surface area contributed by atoms with E-state index in [0.717, 1.165) is 6.54 Å². The van der Waals surface area contributed by atoms with Gasteiger partial charge in [-0.1, -0.05) is 11.6 Å². The minimum absolute atomic E-state index is 0.457. The molecule has 2 nitrogen and oxygen atoms in total. The second-order valence-electron chi connectivity index (χ2n) is 4.73. The summed E-state index contributed by atoms with van der Waals surface area (Å²) in [6, 6.07) is 1.16. The van der Waals surface area contributed by atoms with Crippen LogP contribution < -0.4 is 11.1 Å². The molecule has 0 heterocycles. The summed E-state index contributed by atoms with van der Waals surface area (Å²) in [7, 11) is 0. The van der Waals surface area contributed by atoms with Crippen LogP contribution in [0.15, 0.2) is 11.6 Å². The van der Waals surface area contributed by atoms with E-state index in [0.29, 0.717) is 12.1 Å². The van der Waals surface area contributed by atoms with Crippen LogP contribution >= 0.6 is 0 Å². The Labute approximate surface area is 86.9 Å². The second kappa shape index (κ2) is 4.94. The van der Waals surface area contributed by atoms with Crippen LogP contribution in [-0.4, -0.2) is 18.6 Å². The van der Waals surface area contributed by atoms with Gasteiger partial charge in [-0.25, -0.2) is 0 Å². The number of nitrogens with two attached hydrogens (primary N) is 1. The molecule has 1 fully saturated rings. The zero-order chi connectivity index (χ0) is 9.80. The molecule has 2 rings (SSSR count). The molecule has 2 heteroatoms. The summed E-state index contributed by atoms with van der Waals surface area (Å²) < 4.78 is 0. The molecule has 0 aromatic rings. The molecular weight excluding hydrogens is 172 g/mol. The van der Waals surface area contributed by atoms with Crippen LogP contribution in [0.3, 0.4) is 0 Å². The van der Waals surface area contributed by atoms with Crippen molar-refractivity contribution in [3.63, 3.8) is 0 Å². The molecule has 0 saturated heterocycles. The third-order valence-electron chi connectivity index (χ3n) is 3.49. The van der Waals surface area contributed by atoms with Gasteiger partial charge in [0.25, 0.3) is 0 Å². The molecule has 2 atom stereocenters. The van der Waals surface area contributed by atoms with Crippen LogP contribution in [0.25, 0.3) is 0 Å². The highest BCUT2D eigenvalue weighted by atomic mass is 14.9. The number of hydrogen-bond donors (Lipinski definition) is 2. The molecule has 0 aromatic heterocycles. The highest BCUT2D eigenvalue weighted by Gasteiger charge is 2.20. The Bertz CT molecular complexity index is 210. The van der Waals surface area contributed by atoms with Gasteiger partial charge in [0.1, 0.15) is 0 Å². The van der Waals surface area contributed by atoms with Gasteiger partial charge in [0.15, 0.2) is 0 Å². The Morgan fingerprint density at radius 3 is 3.00 bits per heavy atom. The minimum Gasteiger partial charge on any atom is -0.328 e. The highest BCUT2D eigenvalue weighted by molar-refractivity contribution is 5.07. The van der Waals surface area contributed by atoms with Crippen molar-refractivity contribution in [2.24, 2.45) is 5.73 Å². The Kier molecular flexibility index (Phi) is 3.60. The van der Waals surface area contributed by atoms with Crippen LogP contribution in [0, 0.1) is 0 Å². The molecule has 3 N–H and O–H groups in total. The molecule has 0 aliphatic heterocycles. The van der Waals surface area contributed by atoms with Crippen LogP contribution in [-0.2, 0) is 0 Å². The molecular formula is C12H22N2. The molecule has 14 heavy (non-hydrogen) atoms. The summed E-state index contributed by atoms with van der Waals surface area (Å²) in [5, 5.41) is 3.62. The van der Waals surface area contributed by atoms with E-state index in [1.165, 1.54) is 44.9 Å². The fraction of sp³-hybridized carbons (Fsp3) is 0.833. The van der Waals surface area contributed by atoms with Gasteiger partial charge in [-0.15, -0.1) is 0 Å². The van der Waals surface area contributed by atoms with Crippen molar-refractivity contribution in [1.82, 2.24) is 5.32 Å². The van der Waals surface area contributed by atoms with E-state index >= 15 is 0 Å². The summed E-state index contributed by atoms with van der Waals surface area (Å²) in [6.07, 6.45) is 11.4. The molecule has 0 aromatic carbocycles. The second-order valence-corrected chi connectivity index (χ2v) is 4.73. The number of hydrogen-bond acceptors (Lipinski definition) is 2. The van der Waals surface area contributed by atoms with Crippen molar-refractivity contribution >= 4 is 0 Å². The molecule has 2 unspecified atom stereocenters. The number of allylic oxidation sites excluding steroid dienone is 1. The Balaban J connectivity index is 1.58. The smallest absolute Gasteiger partial charge is 0.00824 e. The third kappa shape index (κ3) is 2.82. The maximum Gasteiger partial charge on any atom is 0.00824 e. The van der Waals surface area contributed by atoms with E-state index in [-0.39, 0.29) is 0 Å². The van der Waals surface area contributed by atoms with Gasteiger partial charge in [0, 0.05) is 12.1 Å². The fourth-order valence-corrected chi connectivity index (χ4v) is 2.60. The SMILES string of the molecule is NC1CCC(NCCC2=CCCC2)C1. The van der Waals surface area contributed by atoms with Crippen LogP contribution in [0.2, 0.25) is 0 Å². The lowest BCUT2D eigenvalue weighted by Gasteiger charge is -2.12. The van der Waals surface area contributed by atoms with Crippen molar-refractivity contribution in [2.45, 2.75) is 57.0 Å². The predicted octanol–water partition coefficient (Wildman–Crippen LogP) is 1.96. The summed E-state index contributed by atoms with van der Waals surface area (Å²) in [4.78, 5) is 0. The van der Waals surface area contributed by atoms with Gasteiger partial charge in [-0.2, -0.15) is 0 Å². The van der Waals surface area contributed by atoms with E-state index in [9.17, 15) is 0 Å². The average Bonchev–Trinajstić information content (AvgIpc) is 2.77. The lowest BCUT2D eigenvalue weighted by atomic mass is 10.1. The lowest BCUT2D eigenvalue weighted by Crippen LogP contribution is -2.29. The summed E-state index contributed by atoms with van der Waals surface area (Å²) in [5.74, 6) is 0. The van der Waals surface area contributed by atoms with Crippen molar-refractivity contribution < 1.29 is 0 Å². The molecule has 2 aliphatic rings. The Morgan fingerprint density at radius 2 is 2.36 bits per heavy atom. The van der Waals surface area contributed by atoms with Crippen molar-refractivity contribution in [3.05, 3.63) is 11.6 Å². The maximum absolute atomic E-state index is 5.87. The Morgan fingerprint density at radius 1 is 1.43 bits per heavy atom. The van der Waals surface area contributed by atoms with Crippen molar-refractivity contribution in [3.8, 4) is 0 Å². The fourth-order valence-electron chi connectivity index (χ4n) is 2.60. The molecule has 1 saturated carbocycles. The average molecular weight is 194 g/mol. The minimum atomic E-state index is 0.457. The quantitative estimate of drug-likeness (QED) is 0.671. The summed E-state index contributed by atoms with van der Waals surface area (Å²) in [5.41, 5.74) is 7.53. The number of rotatable bonds is 4. The molecule has 80 valence electrons. The van der Waals surface area contributed by atoms with Crippen LogP contribution in [0.5, 0.6) is 0 Å². The van der Waals surface area contributed by atoms with Gasteiger partial charge in [0.05, 0.1) is 0 Å². The first-order valence-electron chi connectivity index (χ1n) is 6.01. The van der Waals surface area contributed by atoms with E-state index < -0.39 is 0 Å². The van der Waals surface area contributed by atoms with Gasteiger partial charge in [-0.3, -0.25) is 0 Å². The first-order valence-corrected chi connectivity index (χ1v) is 6.01. The molecule has 0 spiro atoms. The van der Waals surface area contributed by atoms with E-state index in [1.807, 2.05) is 0 Å². The molecule has 0 amide bonds. The van der Waals surface area contributed by atoms with Crippen molar-refractivity contribution in [2.75, 3.05) is 6.54 Å². The van der Waals surface area contributed by atoms with E-state index in [4.69, 9.17) is 5.73 Å². The first-order chi connectivity index (χ1) is 6.84. The summed E-state index contributed by atoms with van der Waals surface area (Å²) in [6.45, 7) is 1.16. The first kappa shape index (κ1) is 10.2. The van der Waals surface area contributed by atoms with Gasteiger partial charge >= 0.3 is 0 Å². The number of nitrogens with one attached hydrogen (secondary N) is 1. The largest absolute Gasteiger partial charge is 0.328 e. The Hall–Kier alpha value is -0.340. The van der Waals surface area contributed by atoms with E-state index in [2.05, 4.69) is 11.4 Å². The molecule has 0 bridgehead atoms. The summed E-state index contributed by atoms with van der Waals surface area (Å²) >= 11 is 0. The molecule has 0 radical (unpaired) electrons. The van der Waals surface area contributed by atoms with E-state index in [1.54, 1.807) is 5.57 Å². The maximum atomic E-state index is 5.87. The standard InChI is InChI=1S/C12H22N2/c13-11-5-6-12(9-11)14-8-7-10-3-1-2-4-10/h3,11-12,14H,1-2,4-9,13H2. The topological polar surface area (TPSA) is 38.0 Å². The van der Waals surface area contributed by atoms with Crippen LogP contribution in [0.4, 0.5) is 0 Å². The lowest BCUT2D eigenvalue weighted by molar-refractivity contribution is 0.518. The van der Waals surface area contributed by atoms with Gasteiger partial charge in [-0.05, 0) is 51.5 Å².